The molecule has 0 aliphatic carbocycles. The summed E-state index contributed by atoms with van der Waals surface area (Å²) >= 11 is 0. The van der Waals surface area contributed by atoms with E-state index < -0.39 is 23.9 Å². The topological polar surface area (TPSA) is 122 Å². The van der Waals surface area contributed by atoms with Gasteiger partial charge in [0.2, 0.25) is 5.95 Å². The van der Waals surface area contributed by atoms with Gasteiger partial charge in [0.05, 0.1) is 0 Å². The van der Waals surface area contributed by atoms with Gasteiger partial charge in [0.15, 0.2) is 0 Å². The van der Waals surface area contributed by atoms with Crippen molar-refractivity contribution in [3.05, 3.63) is 36.7 Å². The van der Waals surface area contributed by atoms with Crippen LogP contribution >= 0.6 is 0 Å². The van der Waals surface area contributed by atoms with Crippen molar-refractivity contribution in [2.75, 3.05) is 6.54 Å². The fourth-order valence-corrected chi connectivity index (χ4v) is 1.83. The maximum absolute atomic E-state index is 11.5. The van der Waals surface area contributed by atoms with Gasteiger partial charge in [-0.25, -0.2) is 19.7 Å². The molecule has 2 aromatic heterocycles. The van der Waals surface area contributed by atoms with Crippen LogP contribution in [0, 0.1) is 0 Å². The molecule has 0 aliphatic heterocycles. The summed E-state index contributed by atoms with van der Waals surface area (Å²) in [4.78, 5) is 23.6. The zero-order chi connectivity index (χ0) is 17.7. The minimum atomic E-state index is -1.24. The summed E-state index contributed by atoms with van der Waals surface area (Å²) in [5, 5.41) is 22.5. The summed E-state index contributed by atoms with van der Waals surface area (Å²) in [6, 6.07) is 0. The first-order chi connectivity index (χ1) is 11.3. The van der Waals surface area contributed by atoms with E-state index in [0.29, 0.717) is 11.5 Å². The first-order valence-electron chi connectivity index (χ1n) is 7.39. The van der Waals surface area contributed by atoms with Crippen LogP contribution in [0.2, 0.25) is 0 Å². The molecule has 1 amide bonds. The van der Waals surface area contributed by atoms with Crippen LogP contribution in [0.5, 0.6) is 0 Å². The lowest BCUT2D eigenvalue weighted by Crippen LogP contribution is -2.38. The van der Waals surface area contributed by atoms with Crippen LogP contribution in [0.4, 0.5) is 4.79 Å². The Morgan fingerprint density at radius 3 is 2.54 bits per heavy atom. The molecule has 130 valence electrons. The van der Waals surface area contributed by atoms with Crippen LogP contribution in [-0.2, 0) is 4.74 Å². The fourth-order valence-electron chi connectivity index (χ4n) is 1.83. The number of imidazole rings is 1. The Labute approximate surface area is 139 Å². The number of carbonyl (C=O) groups is 1. The third-order valence-electron chi connectivity index (χ3n) is 2.95. The molecule has 0 aliphatic rings. The van der Waals surface area contributed by atoms with E-state index in [1.54, 1.807) is 44.1 Å². The molecule has 0 spiro atoms. The molecular formula is C15H21N5O4. The number of rotatable bonds is 5. The summed E-state index contributed by atoms with van der Waals surface area (Å²) < 4.78 is 6.66. The Morgan fingerprint density at radius 2 is 2.00 bits per heavy atom. The van der Waals surface area contributed by atoms with Crippen LogP contribution in [0.15, 0.2) is 31.1 Å². The molecule has 0 saturated carbocycles. The number of ether oxygens (including phenoxy) is 1. The molecule has 0 radical (unpaired) electrons. The van der Waals surface area contributed by atoms with Crippen molar-refractivity contribution in [2.24, 2.45) is 0 Å². The van der Waals surface area contributed by atoms with Crippen molar-refractivity contribution in [3.8, 4) is 5.95 Å². The molecule has 3 N–H and O–H groups in total. The standard InChI is InChI=1S/C15H21N5O4/c1-15(2,3)24-14(23)19-8-11(21)12(22)10-6-17-13(18-7-10)20-5-4-16-9-20/h4-7,9,11-12,21-22H,8H2,1-3H3,(H,19,23). The predicted molar refractivity (Wildman–Crippen MR) is 84.4 cm³/mol. The lowest BCUT2D eigenvalue weighted by Gasteiger charge is -2.22. The van der Waals surface area contributed by atoms with E-state index in [-0.39, 0.29) is 6.54 Å². The highest BCUT2D eigenvalue weighted by molar-refractivity contribution is 5.67. The number of nitrogens with zero attached hydrogens (tertiary/aromatic N) is 4. The van der Waals surface area contributed by atoms with Crippen LogP contribution in [-0.4, -0.2) is 54.1 Å². The predicted octanol–water partition coefficient (Wildman–Crippen LogP) is 0.581. The second-order valence-electron chi connectivity index (χ2n) is 6.18. The lowest BCUT2D eigenvalue weighted by molar-refractivity contribution is 0.0126. The maximum Gasteiger partial charge on any atom is 0.407 e. The molecule has 0 saturated heterocycles. The summed E-state index contributed by atoms with van der Waals surface area (Å²) in [5.74, 6) is 0.393. The molecule has 24 heavy (non-hydrogen) atoms. The Balaban J connectivity index is 1.91. The third kappa shape index (κ3) is 5.00. The smallest absolute Gasteiger partial charge is 0.407 e. The van der Waals surface area contributed by atoms with E-state index in [2.05, 4.69) is 20.3 Å². The minimum absolute atomic E-state index is 0.167. The van der Waals surface area contributed by atoms with Crippen molar-refractivity contribution >= 4 is 6.09 Å². The zero-order valence-corrected chi connectivity index (χ0v) is 13.7. The Bertz CT molecular complexity index is 652. The van der Waals surface area contributed by atoms with Gasteiger partial charge in [-0.15, -0.1) is 0 Å². The van der Waals surface area contributed by atoms with E-state index in [9.17, 15) is 15.0 Å². The van der Waals surface area contributed by atoms with Crippen LogP contribution in [0.1, 0.15) is 32.4 Å². The van der Waals surface area contributed by atoms with Crippen molar-refractivity contribution in [1.29, 1.82) is 0 Å². The molecule has 9 heteroatoms. The number of carbonyl (C=O) groups excluding carboxylic acids is 1. The van der Waals surface area contributed by atoms with E-state index in [0.717, 1.165) is 0 Å². The number of aliphatic hydroxyl groups is 2. The van der Waals surface area contributed by atoms with Gasteiger partial charge in [-0.05, 0) is 20.8 Å². The van der Waals surface area contributed by atoms with E-state index in [1.807, 2.05) is 0 Å². The van der Waals surface area contributed by atoms with Gasteiger partial charge < -0.3 is 20.3 Å². The van der Waals surface area contributed by atoms with Gasteiger partial charge in [-0.3, -0.25) is 4.57 Å². The van der Waals surface area contributed by atoms with E-state index >= 15 is 0 Å². The highest BCUT2D eigenvalue weighted by Crippen LogP contribution is 2.15. The van der Waals surface area contributed by atoms with Gasteiger partial charge in [-0.1, -0.05) is 0 Å². The molecular weight excluding hydrogens is 314 g/mol. The van der Waals surface area contributed by atoms with Crippen molar-refractivity contribution in [1.82, 2.24) is 24.8 Å². The molecule has 2 rings (SSSR count). The zero-order valence-electron chi connectivity index (χ0n) is 13.7. The van der Waals surface area contributed by atoms with Crippen LogP contribution in [0.25, 0.3) is 5.95 Å². The van der Waals surface area contributed by atoms with Gasteiger partial charge in [0, 0.05) is 36.9 Å². The summed E-state index contributed by atoms with van der Waals surface area (Å²) in [6.07, 6.45) is 4.51. The first kappa shape index (κ1) is 17.8. The number of alkyl carbamates (subject to hydrolysis) is 1. The van der Waals surface area contributed by atoms with Crippen molar-refractivity contribution in [2.45, 2.75) is 38.6 Å². The molecule has 0 bridgehead atoms. The highest BCUT2D eigenvalue weighted by Gasteiger charge is 2.22. The Morgan fingerprint density at radius 1 is 1.33 bits per heavy atom. The number of nitrogens with one attached hydrogen (secondary N) is 1. The molecule has 0 aromatic carbocycles. The Kier molecular flexibility index (Phi) is 5.47. The Hall–Kier alpha value is -2.52. The molecule has 2 atom stereocenters. The van der Waals surface area contributed by atoms with Gasteiger partial charge >= 0.3 is 6.09 Å². The maximum atomic E-state index is 11.5. The highest BCUT2D eigenvalue weighted by atomic mass is 16.6. The average molecular weight is 335 g/mol. The SMILES string of the molecule is CC(C)(C)OC(=O)NCC(O)C(O)c1cnc(-n2ccnc2)nc1. The van der Waals surface area contributed by atoms with Crippen molar-refractivity contribution < 1.29 is 19.7 Å². The summed E-state index contributed by atoms with van der Waals surface area (Å²) in [6.45, 7) is 5.03. The van der Waals surface area contributed by atoms with Crippen LogP contribution < -0.4 is 5.32 Å². The third-order valence-corrected chi connectivity index (χ3v) is 2.95. The lowest BCUT2D eigenvalue weighted by atomic mass is 10.1. The first-order valence-corrected chi connectivity index (χ1v) is 7.39. The molecule has 9 nitrogen and oxygen atoms in total. The van der Waals surface area contributed by atoms with Gasteiger partial charge in [-0.2, -0.15) is 0 Å². The van der Waals surface area contributed by atoms with Crippen molar-refractivity contribution in [3.63, 3.8) is 0 Å². The number of aliphatic hydroxyl groups excluding tert-OH is 2. The second-order valence-corrected chi connectivity index (χ2v) is 6.18. The van der Waals surface area contributed by atoms with E-state index in [4.69, 9.17) is 4.74 Å². The monoisotopic (exact) mass is 335 g/mol. The van der Waals surface area contributed by atoms with Crippen LogP contribution in [0.3, 0.4) is 0 Å². The molecule has 2 aromatic rings. The quantitative estimate of drug-likeness (QED) is 0.730. The second kappa shape index (κ2) is 7.37. The van der Waals surface area contributed by atoms with E-state index in [1.165, 1.54) is 12.4 Å². The molecule has 2 unspecified atom stereocenters. The normalized spacial score (nSPS) is 14.0. The van der Waals surface area contributed by atoms with Gasteiger partial charge in [0.25, 0.3) is 0 Å². The fraction of sp³-hybridized carbons (Fsp3) is 0.467. The number of hydrogen-bond donors (Lipinski definition) is 3. The number of aromatic nitrogens is 4. The molecule has 0 fully saturated rings. The largest absolute Gasteiger partial charge is 0.444 e. The minimum Gasteiger partial charge on any atom is -0.444 e. The summed E-state index contributed by atoms with van der Waals surface area (Å²) in [5.41, 5.74) is -0.303. The average Bonchev–Trinajstić information content (AvgIpc) is 3.05. The number of hydrogen-bond acceptors (Lipinski definition) is 7. The summed E-state index contributed by atoms with van der Waals surface area (Å²) in [7, 11) is 0. The van der Waals surface area contributed by atoms with Gasteiger partial charge in [0.1, 0.15) is 24.1 Å². The molecule has 2 heterocycles. The number of amides is 1.